The van der Waals surface area contributed by atoms with Gasteiger partial charge in [0.15, 0.2) is 5.78 Å². The number of hydrogen-bond acceptors (Lipinski definition) is 2. The van der Waals surface area contributed by atoms with Crippen LogP contribution in [0.15, 0.2) is 24.3 Å². The van der Waals surface area contributed by atoms with Gasteiger partial charge in [-0.05, 0) is 12.0 Å². The summed E-state index contributed by atoms with van der Waals surface area (Å²) in [5, 5.41) is 9.52. The lowest BCUT2D eigenvalue weighted by atomic mass is 10.0. The molecule has 1 aromatic carbocycles. The highest BCUT2D eigenvalue weighted by Gasteiger charge is 2.15. The first kappa shape index (κ1) is 12.2. The van der Waals surface area contributed by atoms with Gasteiger partial charge in [-0.15, -0.1) is 11.6 Å². The minimum atomic E-state index is -0.878. The smallest absolute Gasteiger partial charge is 0.191 e. The monoisotopic (exact) mass is 226 g/mol. The van der Waals surface area contributed by atoms with E-state index in [9.17, 15) is 9.90 Å². The fourth-order valence-corrected chi connectivity index (χ4v) is 1.53. The zero-order chi connectivity index (χ0) is 11.3. The van der Waals surface area contributed by atoms with Crippen LogP contribution in [-0.4, -0.2) is 17.0 Å². The van der Waals surface area contributed by atoms with Crippen molar-refractivity contribution < 1.29 is 9.90 Å². The largest absolute Gasteiger partial charge is 0.385 e. The van der Waals surface area contributed by atoms with Crippen molar-refractivity contribution in [2.75, 3.05) is 0 Å². The third kappa shape index (κ3) is 3.33. The molecule has 0 heterocycles. The van der Waals surface area contributed by atoms with E-state index in [1.165, 1.54) is 0 Å². The third-order valence-electron chi connectivity index (χ3n) is 2.26. The zero-order valence-corrected chi connectivity index (χ0v) is 9.50. The Bertz CT molecular complexity index is 319. The minimum absolute atomic E-state index is 0.210. The summed E-state index contributed by atoms with van der Waals surface area (Å²) in [5.41, 5.74) is 1.52. The first-order valence-corrected chi connectivity index (χ1v) is 5.59. The lowest BCUT2D eigenvalue weighted by molar-refractivity contribution is 0.0729. The molecule has 0 amide bonds. The van der Waals surface area contributed by atoms with Crippen molar-refractivity contribution >= 4 is 17.4 Å². The van der Waals surface area contributed by atoms with Gasteiger partial charge in [-0.2, -0.15) is 0 Å². The van der Waals surface area contributed by atoms with Gasteiger partial charge >= 0.3 is 0 Å². The Hall–Kier alpha value is -0.860. The second-order valence-electron chi connectivity index (χ2n) is 3.50. The summed E-state index contributed by atoms with van der Waals surface area (Å²) in [6.45, 7) is 1.94. The predicted molar refractivity (Wildman–Crippen MR) is 61.2 cm³/mol. The van der Waals surface area contributed by atoms with Crippen LogP contribution >= 0.6 is 11.6 Å². The van der Waals surface area contributed by atoms with Crippen molar-refractivity contribution in [3.8, 4) is 0 Å². The maximum absolute atomic E-state index is 11.7. The summed E-state index contributed by atoms with van der Waals surface area (Å²) < 4.78 is 0. The minimum Gasteiger partial charge on any atom is -0.385 e. The number of Topliss-reactive ketones (excluding diaryl/α,β-unsaturated/α-hetero) is 1. The van der Waals surface area contributed by atoms with Crippen LogP contribution in [0.4, 0.5) is 0 Å². The Morgan fingerprint density at radius 2 is 2.00 bits per heavy atom. The molecule has 0 aliphatic carbocycles. The van der Waals surface area contributed by atoms with Gasteiger partial charge in [-0.1, -0.05) is 37.6 Å². The Balaban J connectivity index is 2.73. The molecule has 0 saturated carbocycles. The van der Waals surface area contributed by atoms with Crippen molar-refractivity contribution in [2.24, 2.45) is 0 Å². The lowest BCUT2D eigenvalue weighted by Crippen LogP contribution is -2.19. The molecule has 0 aliphatic heterocycles. The number of ketones is 1. The average molecular weight is 227 g/mol. The van der Waals surface area contributed by atoms with Crippen LogP contribution in [0, 0.1) is 0 Å². The van der Waals surface area contributed by atoms with Gasteiger partial charge < -0.3 is 5.11 Å². The van der Waals surface area contributed by atoms with Crippen molar-refractivity contribution in [3.05, 3.63) is 35.4 Å². The molecule has 1 rings (SSSR count). The number of alkyl halides is 1. The molecule has 3 heteroatoms. The normalized spacial score (nSPS) is 12.5. The number of rotatable bonds is 5. The SMILES string of the molecule is CCCC(O)C(=O)c1ccc(CCl)cc1. The second-order valence-corrected chi connectivity index (χ2v) is 3.77. The molecule has 1 atom stereocenters. The summed E-state index contributed by atoms with van der Waals surface area (Å²) in [5.74, 6) is 0.226. The zero-order valence-electron chi connectivity index (χ0n) is 8.74. The number of carbonyl (C=O) groups is 1. The molecule has 0 fully saturated rings. The van der Waals surface area contributed by atoms with Gasteiger partial charge in [0, 0.05) is 11.4 Å². The number of hydrogen-bond donors (Lipinski definition) is 1. The number of benzene rings is 1. The average Bonchev–Trinajstić information content (AvgIpc) is 2.28. The van der Waals surface area contributed by atoms with Crippen molar-refractivity contribution in [3.63, 3.8) is 0 Å². The highest BCUT2D eigenvalue weighted by atomic mass is 35.5. The topological polar surface area (TPSA) is 37.3 Å². The van der Waals surface area contributed by atoms with E-state index in [4.69, 9.17) is 11.6 Å². The van der Waals surface area contributed by atoms with Crippen LogP contribution in [0.2, 0.25) is 0 Å². The first-order valence-electron chi connectivity index (χ1n) is 5.06. The van der Waals surface area contributed by atoms with E-state index in [2.05, 4.69) is 0 Å². The number of carbonyl (C=O) groups excluding carboxylic acids is 1. The Morgan fingerprint density at radius 3 is 2.47 bits per heavy atom. The summed E-state index contributed by atoms with van der Waals surface area (Å²) in [6, 6.07) is 7.02. The standard InChI is InChI=1S/C12H15ClO2/c1-2-3-11(14)12(15)10-6-4-9(8-13)5-7-10/h4-7,11,14H,2-3,8H2,1H3. The molecule has 1 N–H and O–H groups in total. The number of aliphatic hydroxyl groups excluding tert-OH is 1. The van der Waals surface area contributed by atoms with Gasteiger partial charge in [0.2, 0.25) is 0 Å². The lowest BCUT2D eigenvalue weighted by Gasteiger charge is -2.08. The Morgan fingerprint density at radius 1 is 1.40 bits per heavy atom. The van der Waals surface area contributed by atoms with E-state index >= 15 is 0 Å². The molecule has 0 aliphatic rings. The van der Waals surface area contributed by atoms with E-state index < -0.39 is 6.10 Å². The second kappa shape index (κ2) is 5.89. The van der Waals surface area contributed by atoms with Gasteiger partial charge in [0.05, 0.1) is 0 Å². The molecule has 82 valence electrons. The van der Waals surface area contributed by atoms with E-state index in [1.54, 1.807) is 24.3 Å². The van der Waals surface area contributed by atoms with Crippen LogP contribution in [0.5, 0.6) is 0 Å². The van der Waals surface area contributed by atoms with E-state index in [-0.39, 0.29) is 5.78 Å². The molecule has 0 saturated heterocycles. The van der Waals surface area contributed by atoms with Gasteiger partial charge in [-0.25, -0.2) is 0 Å². The quantitative estimate of drug-likeness (QED) is 0.619. The fourth-order valence-electron chi connectivity index (χ4n) is 1.36. The summed E-state index contributed by atoms with van der Waals surface area (Å²) in [6.07, 6.45) is 0.430. The summed E-state index contributed by atoms with van der Waals surface area (Å²) in [4.78, 5) is 11.7. The molecule has 0 aromatic heterocycles. The van der Waals surface area contributed by atoms with Gasteiger partial charge in [-0.3, -0.25) is 4.79 Å². The van der Waals surface area contributed by atoms with E-state index in [0.29, 0.717) is 17.9 Å². The summed E-state index contributed by atoms with van der Waals surface area (Å²) in [7, 11) is 0. The predicted octanol–water partition coefficient (Wildman–Crippen LogP) is 2.77. The van der Waals surface area contributed by atoms with Gasteiger partial charge in [0.1, 0.15) is 6.10 Å². The van der Waals surface area contributed by atoms with Crippen LogP contribution in [0.1, 0.15) is 35.7 Å². The van der Waals surface area contributed by atoms with Crippen LogP contribution in [0.3, 0.4) is 0 Å². The van der Waals surface area contributed by atoms with Crippen molar-refractivity contribution in [1.82, 2.24) is 0 Å². The highest BCUT2D eigenvalue weighted by Crippen LogP contribution is 2.11. The van der Waals surface area contributed by atoms with Crippen LogP contribution in [0.25, 0.3) is 0 Å². The van der Waals surface area contributed by atoms with Crippen LogP contribution in [-0.2, 0) is 5.88 Å². The Kier molecular flexibility index (Phi) is 4.79. The molecule has 0 bridgehead atoms. The van der Waals surface area contributed by atoms with Gasteiger partial charge in [0.25, 0.3) is 0 Å². The molecule has 2 nitrogen and oxygen atoms in total. The highest BCUT2D eigenvalue weighted by molar-refractivity contribution is 6.17. The molecular weight excluding hydrogens is 212 g/mol. The molecule has 1 aromatic rings. The summed E-state index contributed by atoms with van der Waals surface area (Å²) >= 11 is 5.64. The molecule has 1 unspecified atom stereocenters. The molecular formula is C12H15ClO2. The first-order chi connectivity index (χ1) is 7.19. The number of halogens is 1. The molecule has 0 spiro atoms. The third-order valence-corrected chi connectivity index (χ3v) is 2.57. The maximum Gasteiger partial charge on any atom is 0.191 e. The molecule has 0 radical (unpaired) electrons. The Labute approximate surface area is 94.9 Å². The maximum atomic E-state index is 11.7. The van der Waals surface area contributed by atoms with E-state index in [1.807, 2.05) is 6.92 Å². The van der Waals surface area contributed by atoms with Crippen molar-refractivity contribution in [2.45, 2.75) is 31.7 Å². The van der Waals surface area contributed by atoms with E-state index in [0.717, 1.165) is 12.0 Å². The molecule has 15 heavy (non-hydrogen) atoms. The fraction of sp³-hybridized carbons (Fsp3) is 0.417. The van der Waals surface area contributed by atoms with Crippen LogP contribution < -0.4 is 0 Å². The number of aliphatic hydroxyl groups is 1. The van der Waals surface area contributed by atoms with Crippen molar-refractivity contribution in [1.29, 1.82) is 0 Å².